The van der Waals surface area contributed by atoms with Crippen LogP contribution in [0.15, 0.2) is 24.3 Å². The van der Waals surface area contributed by atoms with Gasteiger partial charge in [-0.1, -0.05) is 37.6 Å². The summed E-state index contributed by atoms with van der Waals surface area (Å²) in [4.78, 5) is 2.52. The van der Waals surface area contributed by atoms with Gasteiger partial charge in [0.2, 0.25) is 0 Å². The second-order valence-electron chi connectivity index (χ2n) is 6.32. The van der Waals surface area contributed by atoms with Gasteiger partial charge in [-0.2, -0.15) is 0 Å². The summed E-state index contributed by atoms with van der Waals surface area (Å²) in [5.74, 6) is 1.51. The van der Waals surface area contributed by atoms with Gasteiger partial charge in [0, 0.05) is 12.6 Å². The lowest BCUT2D eigenvalue weighted by molar-refractivity contribution is 0.103. The van der Waals surface area contributed by atoms with Crippen molar-refractivity contribution in [3.8, 4) is 0 Å². The van der Waals surface area contributed by atoms with E-state index in [1.54, 1.807) is 0 Å². The van der Waals surface area contributed by atoms with Crippen LogP contribution in [-0.4, -0.2) is 24.5 Å². The van der Waals surface area contributed by atoms with Crippen LogP contribution in [0.3, 0.4) is 0 Å². The largest absolute Gasteiger partial charge is 0.330 e. The number of rotatable bonds is 4. The highest BCUT2D eigenvalue weighted by Gasteiger charge is 2.30. The Morgan fingerprint density at radius 3 is 2.68 bits per heavy atom. The summed E-state index contributed by atoms with van der Waals surface area (Å²) >= 11 is 0. The van der Waals surface area contributed by atoms with E-state index in [1.165, 1.54) is 30.4 Å². The number of hydrogen-bond donors (Lipinski definition) is 1. The molecule has 106 valence electrons. The molecule has 2 nitrogen and oxygen atoms in total. The average Bonchev–Trinajstić information content (AvgIpc) is 2.41. The SMILES string of the molecule is Cc1ccccc1CN(C)C1CC(C)CCC1CN. The molecule has 0 aromatic heterocycles. The first-order chi connectivity index (χ1) is 9.11. The molecule has 0 spiro atoms. The summed E-state index contributed by atoms with van der Waals surface area (Å²) in [5.41, 5.74) is 8.81. The number of aryl methyl sites for hydroxylation is 1. The maximum absolute atomic E-state index is 5.97. The molecule has 0 bridgehead atoms. The summed E-state index contributed by atoms with van der Waals surface area (Å²) in [6.45, 7) is 6.45. The van der Waals surface area contributed by atoms with Gasteiger partial charge in [-0.05, 0) is 56.3 Å². The Labute approximate surface area is 118 Å². The molecule has 1 aliphatic rings. The van der Waals surface area contributed by atoms with Crippen LogP contribution in [0.5, 0.6) is 0 Å². The second-order valence-corrected chi connectivity index (χ2v) is 6.32. The lowest BCUT2D eigenvalue weighted by Gasteiger charge is -2.40. The van der Waals surface area contributed by atoms with E-state index in [0.29, 0.717) is 12.0 Å². The van der Waals surface area contributed by atoms with E-state index in [4.69, 9.17) is 5.73 Å². The smallest absolute Gasteiger partial charge is 0.0236 e. The molecule has 1 saturated carbocycles. The van der Waals surface area contributed by atoms with Gasteiger partial charge in [-0.15, -0.1) is 0 Å². The van der Waals surface area contributed by atoms with Crippen molar-refractivity contribution in [2.75, 3.05) is 13.6 Å². The van der Waals surface area contributed by atoms with Crippen molar-refractivity contribution in [2.24, 2.45) is 17.6 Å². The molecule has 0 aliphatic heterocycles. The van der Waals surface area contributed by atoms with Crippen molar-refractivity contribution < 1.29 is 0 Å². The fourth-order valence-corrected chi connectivity index (χ4v) is 3.40. The van der Waals surface area contributed by atoms with Crippen molar-refractivity contribution in [2.45, 2.75) is 45.7 Å². The van der Waals surface area contributed by atoms with Crippen LogP contribution in [0.1, 0.15) is 37.3 Å². The Balaban J connectivity index is 2.05. The minimum Gasteiger partial charge on any atom is -0.330 e. The first-order valence-corrected chi connectivity index (χ1v) is 7.56. The molecule has 1 fully saturated rings. The Hall–Kier alpha value is -0.860. The molecular weight excluding hydrogens is 232 g/mol. The summed E-state index contributed by atoms with van der Waals surface area (Å²) in [6, 6.07) is 9.35. The van der Waals surface area contributed by atoms with Crippen molar-refractivity contribution in [3.63, 3.8) is 0 Å². The molecule has 1 aliphatic carbocycles. The Morgan fingerprint density at radius 1 is 1.26 bits per heavy atom. The van der Waals surface area contributed by atoms with E-state index in [9.17, 15) is 0 Å². The van der Waals surface area contributed by atoms with Crippen LogP contribution in [0, 0.1) is 18.8 Å². The molecular formula is C17H28N2. The first-order valence-electron chi connectivity index (χ1n) is 7.56. The van der Waals surface area contributed by atoms with Gasteiger partial charge in [0.25, 0.3) is 0 Å². The van der Waals surface area contributed by atoms with E-state index in [2.05, 4.69) is 50.1 Å². The standard InChI is InChI=1S/C17H28N2/c1-13-8-9-15(11-18)17(10-13)19(3)12-16-7-5-4-6-14(16)2/h4-7,13,15,17H,8-12,18H2,1-3H3. The molecule has 2 N–H and O–H groups in total. The van der Waals surface area contributed by atoms with Gasteiger partial charge < -0.3 is 5.73 Å². The van der Waals surface area contributed by atoms with Crippen LogP contribution in [0.4, 0.5) is 0 Å². The highest BCUT2D eigenvalue weighted by atomic mass is 15.1. The van der Waals surface area contributed by atoms with E-state index >= 15 is 0 Å². The molecule has 2 heteroatoms. The topological polar surface area (TPSA) is 29.3 Å². The summed E-state index contributed by atoms with van der Waals surface area (Å²) in [7, 11) is 2.26. The summed E-state index contributed by atoms with van der Waals surface area (Å²) < 4.78 is 0. The summed E-state index contributed by atoms with van der Waals surface area (Å²) in [5, 5.41) is 0. The van der Waals surface area contributed by atoms with Crippen LogP contribution in [-0.2, 0) is 6.54 Å². The number of nitrogens with two attached hydrogens (primary N) is 1. The highest BCUT2D eigenvalue weighted by molar-refractivity contribution is 5.25. The average molecular weight is 260 g/mol. The highest BCUT2D eigenvalue weighted by Crippen LogP contribution is 2.31. The zero-order chi connectivity index (χ0) is 13.8. The molecule has 0 amide bonds. The lowest BCUT2D eigenvalue weighted by Crippen LogP contribution is -2.44. The minimum absolute atomic E-state index is 0.647. The molecule has 3 unspecified atom stereocenters. The van der Waals surface area contributed by atoms with Crippen LogP contribution >= 0.6 is 0 Å². The molecule has 1 aromatic carbocycles. The van der Waals surface area contributed by atoms with Crippen molar-refractivity contribution in [3.05, 3.63) is 35.4 Å². The van der Waals surface area contributed by atoms with Gasteiger partial charge in [-0.3, -0.25) is 4.90 Å². The number of nitrogens with zero attached hydrogens (tertiary/aromatic N) is 1. The van der Waals surface area contributed by atoms with E-state index < -0.39 is 0 Å². The molecule has 0 heterocycles. The normalized spacial score (nSPS) is 27.7. The second kappa shape index (κ2) is 6.53. The Kier molecular flexibility index (Phi) is 5.00. The zero-order valence-electron chi connectivity index (χ0n) is 12.6. The quantitative estimate of drug-likeness (QED) is 0.901. The van der Waals surface area contributed by atoms with Gasteiger partial charge in [0.15, 0.2) is 0 Å². The van der Waals surface area contributed by atoms with Crippen molar-refractivity contribution in [1.29, 1.82) is 0 Å². The van der Waals surface area contributed by atoms with Crippen LogP contribution in [0.2, 0.25) is 0 Å². The molecule has 1 aromatic rings. The van der Waals surface area contributed by atoms with Gasteiger partial charge in [0.05, 0.1) is 0 Å². The van der Waals surface area contributed by atoms with E-state index in [-0.39, 0.29) is 0 Å². The molecule has 19 heavy (non-hydrogen) atoms. The number of hydrogen-bond acceptors (Lipinski definition) is 2. The maximum Gasteiger partial charge on any atom is 0.0236 e. The Morgan fingerprint density at radius 2 is 2.00 bits per heavy atom. The molecule has 3 atom stereocenters. The third kappa shape index (κ3) is 3.58. The van der Waals surface area contributed by atoms with Gasteiger partial charge in [-0.25, -0.2) is 0 Å². The predicted octanol–water partition coefficient (Wildman–Crippen LogP) is 3.19. The van der Waals surface area contributed by atoms with Crippen molar-refractivity contribution in [1.82, 2.24) is 4.90 Å². The molecule has 2 rings (SSSR count). The fraction of sp³-hybridized carbons (Fsp3) is 0.647. The number of benzene rings is 1. The lowest BCUT2D eigenvalue weighted by atomic mass is 9.78. The molecule has 0 radical (unpaired) electrons. The van der Waals surface area contributed by atoms with Crippen molar-refractivity contribution >= 4 is 0 Å². The first kappa shape index (κ1) is 14.5. The summed E-state index contributed by atoms with van der Waals surface area (Å²) in [6.07, 6.45) is 3.93. The maximum atomic E-state index is 5.97. The van der Waals surface area contributed by atoms with Crippen LogP contribution in [0.25, 0.3) is 0 Å². The van der Waals surface area contributed by atoms with Crippen LogP contribution < -0.4 is 5.73 Å². The fourth-order valence-electron chi connectivity index (χ4n) is 3.40. The van der Waals surface area contributed by atoms with Gasteiger partial charge in [0.1, 0.15) is 0 Å². The van der Waals surface area contributed by atoms with Gasteiger partial charge >= 0.3 is 0 Å². The monoisotopic (exact) mass is 260 g/mol. The third-order valence-electron chi connectivity index (χ3n) is 4.77. The third-order valence-corrected chi connectivity index (χ3v) is 4.77. The predicted molar refractivity (Wildman–Crippen MR) is 82.0 cm³/mol. The zero-order valence-corrected chi connectivity index (χ0v) is 12.6. The Bertz CT molecular complexity index is 402. The van der Waals surface area contributed by atoms with E-state index in [1.807, 2.05) is 0 Å². The minimum atomic E-state index is 0.647. The van der Waals surface area contributed by atoms with E-state index in [0.717, 1.165) is 19.0 Å². The molecule has 0 saturated heterocycles.